The molecular weight excluding hydrogens is 57.1 g/mol. The van der Waals surface area contributed by atoms with Gasteiger partial charge in [-0.1, -0.05) is 0 Å². The van der Waals surface area contributed by atoms with Crippen molar-refractivity contribution in [1.29, 1.82) is 0 Å². The fraction of sp³-hybridized carbons (Fsp3) is 1.00. The molecule has 0 unspecified atom stereocenters. The minimum absolute atomic E-state index is 1.34. The van der Waals surface area contributed by atoms with Gasteiger partial charge in [-0.15, -0.1) is 0 Å². The SMILES string of the molecule is [CH3][Be][CH2]CC. The summed E-state index contributed by atoms with van der Waals surface area (Å²) in [7, 11) is 1.34. The van der Waals surface area contributed by atoms with E-state index in [1.165, 1.54) is 21.3 Å². The first-order chi connectivity index (χ1) is 2.41. The van der Waals surface area contributed by atoms with E-state index < -0.39 is 0 Å². The molecule has 0 heterocycles. The normalized spacial score (nSPS) is 6.80. The van der Waals surface area contributed by atoms with Crippen molar-refractivity contribution in [3.05, 3.63) is 0 Å². The first kappa shape index (κ1) is 5.17. The maximum absolute atomic E-state index is 2.21. The molecule has 0 aliphatic rings. The zero-order valence-corrected chi connectivity index (χ0v) is 4.12. The first-order valence-corrected chi connectivity index (χ1v) is 2.41. The van der Waals surface area contributed by atoms with Crippen LogP contribution < -0.4 is 0 Å². The summed E-state index contributed by atoms with van der Waals surface area (Å²) in [6.45, 7) is 4.42. The van der Waals surface area contributed by atoms with Gasteiger partial charge in [0.25, 0.3) is 0 Å². The summed E-state index contributed by atoms with van der Waals surface area (Å²) in [4.78, 5) is 0. The third-order valence-corrected chi connectivity index (χ3v) is 0.707. The average molecular weight is 67.1 g/mol. The van der Waals surface area contributed by atoms with Crippen molar-refractivity contribution in [2.75, 3.05) is 0 Å². The molecule has 0 rings (SSSR count). The van der Waals surface area contributed by atoms with Gasteiger partial charge < -0.3 is 0 Å². The Balaban J connectivity index is 2.19. The van der Waals surface area contributed by atoms with Gasteiger partial charge in [-0.25, -0.2) is 0 Å². The molecular formula is C4H10Be. The van der Waals surface area contributed by atoms with E-state index in [0.29, 0.717) is 0 Å². The quantitative estimate of drug-likeness (QED) is 0.430. The summed E-state index contributed by atoms with van der Waals surface area (Å²) in [5.41, 5.74) is 0. The Morgan fingerprint density at radius 2 is 2.20 bits per heavy atom. The molecule has 0 nitrogen and oxygen atoms in total. The molecule has 28 valence electrons. The van der Waals surface area contributed by atoms with Crippen molar-refractivity contribution in [3.63, 3.8) is 0 Å². The summed E-state index contributed by atoms with van der Waals surface area (Å²) in [5.74, 6) is 0. The Bertz CT molecular complexity index is 11.1. The Morgan fingerprint density at radius 3 is 2.20 bits per heavy atom. The molecule has 0 aromatic rings. The summed E-state index contributed by atoms with van der Waals surface area (Å²) in [6, 6.07) is 0. The second-order valence-corrected chi connectivity index (χ2v) is 1.35. The minimum atomic E-state index is 1.34. The van der Waals surface area contributed by atoms with E-state index >= 15 is 0 Å². The molecule has 5 heavy (non-hydrogen) atoms. The molecule has 0 saturated heterocycles. The molecule has 0 atom stereocenters. The number of hydrogen-bond donors (Lipinski definition) is 0. The van der Waals surface area contributed by atoms with Crippen molar-refractivity contribution < 1.29 is 0 Å². The van der Waals surface area contributed by atoms with Gasteiger partial charge >= 0.3 is 34.9 Å². The molecule has 0 amide bonds. The molecule has 0 aromatic heterocycles. The first-order valence-electron chi connectivity index (χ1n) is 2.41. The third kappa shape index (κ3) is 4.17. The molecule has 0 N–H and O–H groups in total. The van der Waals surface area contributed by atoms with Gasteiger partial charge in [0.15, 0.2) is 0 Å². The Hall–Kier alpha value is 0.169. The van der Waals surface area contributed by atoms with Crippen molar-refractivity contribution in [1.82, 2.24) is 0 Å². The van der Waals surface area contributed by atoms with Gasteiger partial charge in [-0.2, -0.15) is 0 Å². The van der Waals surface area contributed by atoms with E-state index in [9.17, 15) is 0 Å². The third-order valence-electron chi connectivity index (χ3n) is 0.707. The molecule has 0 aromatic carbocycles. The van der Waals surface area contributed by atoms with Crippen molar-refractivity contribution >= 4 is 8.78 Å². The summed E-state index contributed by atoms with van der Waals surface area (Å²) < 4.78 is 0. The van der Waals surface area contributed by atoms with Crippen LogP contribution in [0.4, 0.5) is 0 Å². The Morgan fingerprint density at radius 1 is 1.60 bits per heavy atom. The molecule has 0 bridgehead atoms. The van der Waals surface area contributed by atoms with Gasteiger partial charge in [0.2, 0.25) is 0 Å². The molecule has 0 aliphatic heterocycles. The van der Waals surface area contributed by atoms with Crippen LogP contribution in [0.25, 0.3) is 0 Å². The fourth-order valence-corrected chi connectivity index (χ4v) is 0.354. The van der Waals surface area contributed by atoms with Gasteiger partial charge in [-0.3, -0.25) is 0 Å². The van der Waals surface area contributed by atoms with Crippen molar-refractivity contribution in [3.8, 4) is 0 Å². The Labute approximate surface area is 35.9 Å². The van der Waals surface area contributed by atoms with Gasteiger partial charge in [0, 0.05) is 0 Å². The van der Waals surface area contributed by atoms with Crippen LogP contribution in [0.15, 0.2) is 0 Å². The molecule has 0 fully saturated rings. The fourth-order valence-electron chi connectivity index (χ4n) is 0.354. The second kappa shape index (κ2) is 4.17. The molecule has 0 aliphatic carbocycles. The van der Waals surface area contributed by atoms with E-state index in [4.69, 9.17) is 0 Å². The van der Waals surface area contributed by atoms with Crippen LogP contribution in [0.2, 0.25) is 12.8 Å². The monoisotopic (exact) mass is 67.1 g/mol. The summed E-state index contributed by atoms with van der Waals surface area (Å²) in [5, 5.41) is 0. The van der Waals surface area contributed by atoms with E-state index in [2.05, 4.69) is 13.6 Å². The van der Waals surface area contributed by atoms with E-state index in [0.717, 1.165) is 0 Å². The van der Waals surface area contributed by atoms with Crippen LogP contribution in [0, 0.1) is 0 Å². The van der Waals surface area contributed by atoms with Crippen LogP contribution in [0.5, 0.6) is 0 Å². The predicted octanol–water partition coefficient (Wildman–Crippen LogP) is 1.57. The van der Waals surface area contributed by atoms with Crippen LogP contribution in [-0.4, -0.2) is 8.78 Å². The second-order valence-electron chi connectivity index (χ2n) is 1.35. The van der Waals surface area contributed by atoms with Crippen LogP contribution >= 0.6 is 0 Å². The van der Waals surface area contributed by atoms with Crippen LogP contribution in [0.1, 0.15) is 13.3 Å². The predicted molar refractivity (Wildman–Crippen MR) is 26.7 cm³/mol. The van der Waals surface area contributed by atoms with E-state index in [1.807, 2.05) is 0 Å². The average Bonchev–Trinajstić information content (AvgIpc) is 1.41. The van der Waals surface area contributed by atoms with E-state index in [-0.39, 0.29) is 0 Å². The number of rotatable bonds is 2. The molecule has 0 saturated carbocycles. The molecule has 0 spiro atoms. The topological polar surface area (TPSA) is 0 Å². The van der Waals surface area contributed by atoms with Crippen LogP contribution in [-0.2, 0) is 0 Å². The standard InChI is InChI=1S/C3H7.CH3.Be/c1-3-2;;/h1,3H2,2H3;1H3;. The van der Waals surface area contributed by atoms with Gasteiger partial charge in [0.05, 0.1) is 0 Å². The summed E-state index contributed by atoms with van der Waals surface area (Å²) >= 11 is 0. The van der Waals surface area contributed by atoms with Gasteiger partial charge in [0.1, 0.15) is 0 Å². The Kier molecular flexibility index (Phi) is 4.31. The number of hydrogen-bond acceptors (Lipinski definition) is 0. The zero-order valence-electron chi connectivity index (χ0n) is 4.12. The van der Waals surface area contributed by atoms with Gasteiger partial charge in [-0.05, 0) is 0 Å². The summed E-state index contributed by atoms with van der Waals surface area (Å²) in [6.07, 6.45) is 2.73. The molecule has 1 heteroatoms. The van der Waals surface area contributed by atoms with Crippen molar-refractivity contribution in [2.24, 2.45) is 0 Å². The van der Waals surface area contributed by atoms with E-state index in [1.54, 1.807) is 0 Å². The van der Waals surface area contributed by atoms with Crippen LogP contribution in [0.3, 0.4) is 0 Å². The molecule has 0 radical (unpaired) electrons. The maximum atomic E-state index is 2.21. The zero-order chi connectivity index (χ0) is 4.12. The van der Waals surface area contributed by atoms with Crippen molar-refractivity contribution in [2.45, 2.75) is 26.1 Å².